The number of piperidine rings is 1. The molecule has 0 aromatic carbocycles. The van der Waals surface area contributed by atoms with Crippen molar-refractivity contribution in [3.8, 4) is 10.6 Å². The van der Waals surface area contributed by atoms with Crippen molar-refractivity contribution in [3.63, 3.8) is 0 Å². The van der Waals surface area contributed by atoms with Gasteiger partial charge in [-0.15, -0.1) is 11.3 Å². The highest BCUT2D eigenvalue weighted by molar-refractivity contribution is 7.15. The molecule has 9 heteroatoms. The Labute approximate surface area is 140 Å². The van der Waals surface area contributed by atoms with Crippen molar-refractivity contribution in [1.82, 2.24) is 10.1 Å². The van der Waals surface area contributed by atoms with E-state index in [1.807, 2.05) is 0 Å². The fraction of sp³-hybridized carbons (Fsp3) is 0.533. The van der Waals surface area contributed by atoms with E-state index in [0.29, 0.717) is 29.3 Å². The van der Waals surface area contributed by atoms with E-state index in [2.05, 4.69) is 9.68 Å². The number of rotatable bonds is 3. The van der Waals surface area contributed by atoms with Gasteiger partial charge in [-0.1, -0.05) is 5.16 Å². The molecular formula is C15H17F3N2O3S. The smallest absolute Gasteiger partial charge is 0.392 e. The summed E-state index contributed by atoms with van der Waals surface area (Å²) in [5, 5.41) is 23.7. The van der Waals surface area contributed by atoms with Crippen LogP contribution in [0, 0.1) is 6.92 Å². The summed E-state index contributed by atoms with van der Waals surface area (Å²) in [6.07, 6.45) is -4.46. The van der Waals surface area contributed by atoms with Gasteiger partial charge in [0.25, 0.3) is 0 Å². The number of aliphatic hydroxyl groups is 2. The molecule has 1 aliphatic rings. The standard InChI is InChI=1S/C15H17F3N2O3S/c1-8-12(19-23-13(8)15(16,17)18)10-4-5-11(24-10)14(22)20-6-2-3-9(21)7-20/h4-5,9,14,21-22H,2-3,6-7H2,1H3. The van der Waals surface area contributed by atoms with Crippen LogP contribution >= 0.6 is 11.3 Å². The minimum absolute atomic E-state index is 0.0706. The molecule has 2 aromatic rings. The van der Waals surface area contributed by atoms with Crippen molar-refractivity contribution >= 4 is 11.3 Å². The topological polar surface area (TPSA) is 69.7 Å². The normalized spacial score (nSPS) is 21.2. The van der Waals surface area contributed by atoms with Crippen LogP contribution in [0.25, 0.3) is 10.6 Å². The lowest BCUT2D eigenvalue weighted by molar-refractivity contribution is -0.156. The van der Waals surface area contributed by atoms with E-state index in [4.69, 9.17) is 0 Å². The first-order valence-corrected chi connectivity index (χ1v) is 8.32. The SMILES string of the molecule is Cc1c(-c2ccc(C(O)N3CCCC(O)C3)s2)noc1C(F)(F)F. The molecule has 1 fully saturated rings. The van der Waals surface area contributed by atoms with E-state index in [9.17, 15) is 23.4 Å². The maximum absolute atomic E-state index is 12.8. The maximum Gasteiger partial charge on any atom is 0.452 e. The van der Waals surface area contributed by atoms with Crippen LogP contribution in [-0.2, 0) is 6.18 Å². The largest absolute Gasteiger partial charge is 0.452 e. The predicted octanol–water partition coefficient (Wildman–Crippen LogP) is 3.18. The average Bonchev–Trinajstić information content (AvgIpc) is 3.12. The van der Waals surface area contributed by atoms with E-state index in [1.165, 1.54) is 6.92 Å². The van der Waals surface area contributed by atoms with Crippen LogP contribution in [0.1, 0.15) is 35.3 Å². The van der Waals surface area contributed by atoms with Crippen LogP contribution in [0.15, 0.2) is 16.7 Å². The van der Waals surface area contributed by atoms with Crippen molar-refractivity contribution in [1.29, 1.82) is 0 Å². The monoisotopic (exact) mass is 362 g/mol. The van der Waals surface area contributed by atoms with Crippen molar-refractivity contribution in [2.75, 3.05) is 13.1 Å². The first-order valence-electron chi connectivity index (χ1n) is 7.51. The van der Waals surface area contributed by atoms with Crippen LogP contribution in [0.5, 0.6) is 0 Å². The van der Waals surface area contributed by atoms with Crippen LogP contribution in [0.2, 0.25) is 0 Å². The van der Waals surface area contributed by atoms with Crippen LogP contribution < -0.4 is 0 Å². The fourth-order valence-electron chi connectivity index (χ4n) is 2.83. The molecule has 3 rings (SSSR count). The van der Waals surface area contributed by atoms with Crippen molar-refractivity contribution < 1.29 is 27.9 Å². The third-order valence-electron chi connectivity index (χ3n) is 4.07. The van der Waals surface area contributed by atoms with Crippen molar-refractivity contribution in [2.45, 2.75) is 38.3 Å². The Morgan fingerprint density at radius 2 is 2.17 bits per heavy atom. The Bertz CT molecular complexity index is 713. The maximum atomic E-state index is 12.8. The quantitative estimate of drug-likeness (QED) is 0.878. The molecule has 5 nitrogen and oxygen atoms in total. The highest BCUT2D eigenvalue weighted by Gasteiger charge is 2.39. The lowest BCUT2D eigenvalue weighted by Crippen LogP contribution is -2.40. The van der Waals surface area contributed by atoms with E-state index in [-0.39, 0.29) is 11.3 Å². The Morgan fingerprint density at radius 1 is 1.42 bits per heavy atom. The number of alkyl halides is 3. The minimum Gasteiger partial charge on any atom is -0.392 e. The summed E-state index contributed by atoms with van der Waals surface area (Å²) in [5.41, 5.74) is 0.0586. The number of aliphatic hydroxyl groups excluding tert-OH is 2. The molecular weight excluding hydrogens is 345 g/mol. The van der Waals surface area contributed by atoms with E-state index in [1.54, 1.807) is 17.0 Å². The summed E-state index contributed by atoms with van der Waals surface area (Å²) in [6, 6.07) is 3.28. The summed E-state index contributed by atoms with van der Waals surface area (Å²) in [7, 11) is 0. The molecule has 0 radical (unpaired) electrons. The third-order valence-corrected chi connectivity index (χ3v) is 5.20. The zero-order valence-electron chi connectivity index (χ0n) is 12.9. The number of likely N-dealkylation sites (tertiary alicyclic amines) is 1. The van der Waals surface area contributed by atoms with Gasteiger partial charge in [0.2, 0.25) is 5.76 Å². The molecule has 0 amide bonds. The summed E-state index contributed by atoms with van der Waals surface area (Å²) < 4.78 is 42.8. The van der Waals surface area contributed by atoms with Gasteiger partial charge in [0, 0.05) is 23.5 Å². The van der Waals surface area contributed by atoms with Gasteiger partial charge >= 0.3 is 6.18 Å². The first kappa shape index (κ1) is 17.4. The Balaban J connectivity index is 1.82. The molecule has 1 saturated heterocycles. The van der Waals surface area contributed by atoms with Gasteiger partial charge in [0.15, 0.2) is 0 Å². The Kier molecular flexibility index (Phi) is 4.69. The van der Waals surface area contributed by atoms with E-state index in [0.717, 1.165) is 17.8 Å². The minimum atomic E-state index is -4.58. The number of nitrogens with zero attached hydrogens (tertiary/aromatic N) is 2. The highest BCUT2D eigenvalue weighted by Crippen LogP contribution is 2.39. The summed E-state index contributed by atoms with van der Waals surface area (Å²) in [4.78, 5) is 2.84. The number of β-amino-alcohol motifs (C(OH)–C–C–N with tert-alkyl or cyclic N) is 1. The van der Waals surface area contributed by atoms with Gasteiger partial charge in [-0.25, -0.2) is 0 Å². The van der Waals surface area contributed by atoms with Crippen molar-refractivity contribution in [2.24, 2.45) is 0 Å². The molecule has 132 valence electrons. The van der Waals surface area contributed by atoms with Gasteiger partial charge in [0.05, 0.1) is 11.0 Å². The molecule has 2 unspecified atom stereocenters. The highest BCUT2D eigenvalue weighted by atomic mass is 32.1. The number of hydrogen-bond donors (Lipinski definition) is 2. The van der Waals surface area contributed by atoms with Gasteiger partial charge in [-0.3, -0.25) is 4.90 Å². The summed E-state index contributed by atoms with van der Waals surface area (Å²) >= 11 is 1.16. The van der Waals surface area contributed by atoms with Gasteiger partial charge in [-0.2, -0.15) is 13.2 Å². The number of aromatic nitrogens is 1. The first-order chi connectivity index (χ1) is 11.3. The van der Waals surface area contributed by atoms with Crippen LogP contribution in [0.4, 0.5) is 13.2 Å². The molecule has 0 spiro atoms. The van der Waals surface area contributed by atoms with Gasteiger partial charge in [0.1, 0.15) is 11.9 Å². The molecule has 24 heavy (non-hydrogen) atoms. The second kappa shape index (κ2) is 6.47. The lowest BCUT2D eigenvalue weighted by Gasteiger charge is -2.33. The lowest BCUT2D eigenvalue weighted by atomic mass is 10.1. The molecule has 0 bridgehead atoms. The third kappa shape index (κ3) is 3.34. The van der Waals surface area contributed by atoms with E-state index < -0.39 is 24.3 Å². The zero-order chi connectivity index (χ0) is 17.5. The van der Waals surface area contributed by atoms with E-state index >= 15 is 0 Å². The molecule has 0 aliphatic carbocycles. The van der Waals surface area contributed by atoms with Gasteiger partial charge in [-0.05, 0) is 31.9 Å². The fourth-order valence-corrected chi connectivity index (χ4v) is 3.90. The molecule has 2 aromatic heterocycles. The molecule has 3 heterocycles. The van der Waals surface area contributed by atoms with Crippen molar-refractivity contribution in [3.05, 3.63) is 28.3 Å². The summed E-state index contributed by atoms with van der Waals surface area (Å²) in [5.74, 6) is -1.10. The summed E-state index contributed by atoms with van der Waals surface area (Å²) in [6.45, 7) is 2.34. The number of halogens is 3. The van der Waals surface area contributed by atoms with Crippen LogP contribution in [-0.4, -0.2) is 39.5 Å². The number of thiophene rings is 1. The predicted molar refractivity (Wildman–Crippen MR) is 81.3 cm³/mol. The average molecular weight is 362 g/mol. The molecule has 2 atom stereocenters. The Hall–Kier alpha value is -1.42. The molecule has 1 aliphatic heterocycles. The van der Waals surface area contributed by atoms with Gasteiger partial charge < -0.3 is 14.7 Å². The van der Waals surface area contributed by atoms with Crippen LogP contribution in [0.3, 0.4) is 0 Å². The number of hydrogen-bond acceptors (Lipinski definition) is 6. The Morgan fingerprint density at radius 3 is 2.79 bits per heavy atom. The second-order valence-corrected chi connectivity index (χ2v) is 6.97. The molecule has 2 N–H and O–H groups in total. The zero-order valence-corrected chi connectivity index (χ0v) is 13.7. The molecule has 0 saturated carbocycles. The second-order valence-electron chi connectivity index (χ2n) is 5.85.